The van der Waals surface area contributed by atoms with E-state index in [1.54, 1.807) is 42.5 Å². The van der Waals surface area contributed by atoms with Crippen molar-refractivity contribution >= 4 is 29.0 Å². The Balaban J connectivity index is 1.67. The number of nitrogens with zero attached hydrogens (tertiary/aromatic N) is 2. The molecule has 2 N–H and O–H groups in total. The quantitative estimate of drug-likeness (QED) is 0.700. The number of carbonyl (C=O) groups excluding carboxylic acids is 2. The number of furan rings is 1. The average Bonchev–Trinajstić information content (AvgIpc) is 3.11. The van der Waals surface area contributed by atoms with Gasteiger partial charge in [-0.15, -0.1) is 10.2 Å². The summed E-state index contributed by atoms with van der Waals surface area (Å²) in [5.74, 6) is 0.580. The summed E-state index contributed by atoms with van der Waals surface area (Å²) in [5, 5.41) is 13.6. The molecule has 0 bridgehead atoms. The van der Waals surface area contributed by atoms with E-state index < -0.39 is 5.91 Å². The molecule has 0 unspecified atom stereocenters. The second kappa shape index (κ2) is 6.74. The van der Waals surface area contributed by atoms with Gasteiger partial charge in [0.1, 0.15) is 0 Å². The predicted octanol–water partition coefficient (Wildman–Crippen LogP) is 3.27. The van der Waals surface area contributed by atoms with Gasteiger partial charge >= 0.3 is 0 Å². The summed E-state index contributed by atoms with van der Waals surface area (Å²) >= 11 is 0. The third kappa shape index (κ3) is 3.64. The molecule has 0 fully saturated rings. The number of hydrogen-bond acceptors (Lipinski definition) is 6. The van der Waals surface area contributed by atoms with Gasteiger partial charge in [-0.1, -0.05) is 12.1 Å². The Hall–Kier alpha value is -3.48. The fourth-order valence-electron chi connectivity index (χ4n) is 2.02. The van der Waals surface area contributed by atoms with E-state index in [0.717, 1.165) is 5.69 Å². The van der Waals surface area contributed by atoms with Crippen molar-refractivity contribution in [2.24, 2.45) is 0 Å². The zero-order chi connectivity index (χ0) is 16.9. The van der Waals surface area contributed by atoms with Gasteiger partial charge in [-0.05, 0) is 43.3 Å². The summed E-state index contributed by atoms with van der Waals surface area (Å²) in [4.78, 5) is 23.2. The van der Waals surface area contributed by atoms with Crippen LogP contribution in [0.2, 0.25) is 0 Å². The third-order valence-electron chi connectivity index (χ3n) is 3.19. The Morgan fingerprint density at radius 2 is 1.79 bits per heavy atom. The van der Waals surface area contributed by atoms with Crippen LogP contribution in [0.25, 0.3) is 0 Å². The van der Waals surface area contributed by atoms with Gasteiger partial charge in [0.25, 0.3) is 5.91 Å². The molecule has 2 aromatic heterocycles. The molecule has 0 saturated carbocycles. The van der Waals surface area contributed by atoms with Crippen LogP contribution in [0.4, 0.5) is 17.3 Å². The fraction of sp³-hybridized carbons (Fsp3) is 0.0588. The number of rotatable bonds is 5. The summed E-state index contributed by atoms with van der Waals surface area (Å²) < 4.78 is 5.00. The zero-order valence-electron chi connectivity index (χ0n) is 12.8. The summed E-state index contributed by atoms with van der Waals surface area (Å²) in [6, 6.07) is 13.5. The number of aromatic nitrogens is 2. The first-order valence-electron chi connectivity index (χ1n) is 7.18. The molecule has 120 valence electrons. The van der Waals surface area contributed by atoms with Gasteiger partial charge in [0.05, 0.1) is 6.26 Å². The molecule has 24 heavy (non-hydrogen) atoms. The lowest BCUT2D eigenvalue weighted by Crippen LogP contribution is -2.12. The Kier molecular flexibility index (Phi) is 4.33. The number of ketones is 1. The van der Waals surface area contributed by atoms with Crippen LogP contribution in [-0.4, -0.2) is 21.9 Å². The van der Waals surface area contributed by atoms with Crippen molar-refractivity contribution in [3.05, 3.63) is 66.1 Å². The smallest absolute Gasteiger partial charge is 0.292 e. The molecule has 0 saturated heterocycles. The summed E-state index contributed by atoms with van der Waals surface area (Å²) in [7, 11) is 0. The zero-order valence-corrected chi connectivity index (χ0v) is 12.8. The first-order valence-corrected chi connectivity index (χ1v) is 7.18. The van der Waals surface area contributed by atoms with Crippen molar-refractivity contribution in [3.63, 3.8) is 0 Å². The first kappa shape index (κ1) is 15.4. The number of anilines is 3. The maximum absolute atomic E-state index is 11.8. The van der Waals surface area contributed by atoms with Crippen molar-refractivity contribution in [2.45, 2.75) is 6.92 Å². The standard InChI is InChI=1S/C17H14N4O3/c1-11(22)12-4-2-5-13(10-12)18-15-7-8-16(21-20-15)19-17(23)14-6-3-9-24-14/h2-10H,1H3,(H,18,20)(H,19,21,23). The van der Waals surface area contributed by atoms with Crippen LogP contribution in [0.3, 0.4) is 0 Å². The largest absolute Gasteiger partial charge is 0.459 e. The highest BCUT2D eigenvalue weighted by molar-refractivity contribution is 6.01. The topological polar surface area (TPSA) is 97.1 Å². The maximum Gasteiger partial charge on any atom is 0.292 e. The van der Waals surface area contributed by atoms with Gasteiger partial charge in [-0.2, -0.15) is 0 Å². The molecule has 7 nitrogen and oxygen atoms in total. The van der Waals surface area contributed by atoms with Gasteiger partial charge in [0, 0.05) is 11.3 Å². The summed E-state index contributed by atoms with van der Waals surface area (Å²) in [5.41, 5.74) is 1.33. The van der Waals surface area contributed by atoms with E-state index >= 15 is 0 Å². The second-order valence-electron chi connectivity index (χ2n) is 5.00. The van der Waals surface area contributed by atoms with E-state index in [4.69, 9.17) is 4.42 Å². The van der Waals surface area contributed by atoms with Gasteiger partial charge in [0.15, 0.2) is 23.2 Å². The van der Waals surface area contributed by atoms with E-state index in [0.29, 0.717) is 17.2 Å². The lowest BCUT2D eigenvalue weighted by molar-refractivity contribution is 0.0993. The Morgan fingerprint density at radius 1 is 1.00 bits per heavy atom. The monoisotopic (exact) mass is 322 g/mol. The van der Waals surface area contributed by atoms with E-state index in [2.05, 4.69) is 20.8 Å². The molecule has 3 rings (SSSR count). The van der Waals surface area contributed by atoms with Crippen molar-refractivity contribution in [1.82, 2.24) is 10.2 Å². The Labute approximate surface area is 137 Å². The Bertz CT molecular complexity index is 858. The summed E-state index contributed by atoms with van der Waals surface area (Å²) in [6.45, 7) is 1.51. The molecule has 7 heteroatoms. The van der Waals surface area contributed by atoms with Crippen LogP contribution in [0.1, 0.15) is 27.8 Å². The highest BCUT2D eigenvalue weighted by Crippen LogP contribution is 2.17. The lowest BCUT2D eigenvalue weighted by Gasteiger charge is -2.07. The second-order valence-corrected chi connectivity index (χ2v) is 5.00. The van der Waals surface area contributed by atoms with Crippen LogP contribution in [0, 0.1) is 0 Å². The van der Waals surface area contributed by atoms with Crippen LogP contribution in [0.15, 0.2) is 59.2 Å². The molecular formula is C17H14N4O3. The third-order valence-corrected chi connectivity index (χ3v) is 3.19. The highest BCUT2D eigenvalue weighted by Gasteiger charge is 2.09. The van der Waals surface area contributed by atoms with Crippen LogP contribution < -0.4 is 10.6 Å². The number of carbonyl (C=O) groups is 2. The van der Waals surface area contributed by atoms with Crippen LogP contribution >= 0.6 is 0 Å². The molecule has 0 aliphatic heterocycles. The normalized spacial score (nSPS) is 10.2. The van der Waals surface area contributed by atoms with Gasteiger partial charge < -0.3 is 15.1 Å². The Morgan fingerprint density at radius 3 is 2.46 bits per heavy atom. The van der Waals surface area contributed by atoms with Gasteiger partial charge in [-0.3, -0.25) is 9.59 Å². The van der Waals surface area contributed by atoms with Crippen molar-refractivity contribution in [2.75, 3.05) is 10.6 Å². The minimum Gasteiger partial charge on any atom is -0.459 e. The highest BCUT2D eigenvalue weighted by atomic mass is 16.3. The number of amides is 1. The predicted molar refractivity (Wildman–Crippen MR) is 88.4 cm³/mol. The van der Waals surface area contributed by atoms with Crippen LogP contribution in [0.5, 0.6) is 0 Å². The van der Waals surface area contributed by atoms with Crippen molar-refractivity contribution in [3.8, 4) is 0 Å². The minimum absolute atomic E-state index is 0.0132. The molecule has 1 aromatic carbocycles. The molecule has 1 amide bonds. The molecule has 0 radical (unpaired) electrons. The van der Waals surface area contributed by atoms with Gasteiger partial charge in [-0.25, -0.2) is 0 Å². The molecular weight excluding hydrogens is 308 g/mol. The van der Waals surface area contributed by atoms with Crippen LogP contribution in [-0.2, 0) is 0 Å². The van der Waals surface area contributed by atoms with Gasteiger partial charge in [0.2, 0.25) is 0 Å². The average molecular weight is 322 g/mol. The maximum atomic E-state index is 11.8. The number of nitrogens with one attached hydrogen (secondary N) is 2. The minimum atomic E-state index is -0.399. The van der Waals surface area contributed by atoms with E-state index in [-0.39, 0.29) is 11.5 Å². The molecule has 0 aliphatic carbocycles. The molecule has 0 atom stereocenters. The molecule has 0 aliphatic rings. The number of Topliss-reactive ketones (excluding diaryl/α,β-unsaturated/α-hetero) is 1. The number of hydrogen-bond donors (Lipinski definition) is 2. The van der Waals surface area contributed by atoms with Crippen molar-refractivity contribution < 1.29 is 14.0 Å². The summed E-state index contributed by atoms with van der Waals surface area (Å²) in [6.07, 6.45) is 1.42. The molecule has 0 spiro atoms. The van der Waals surface area contributed by atoms with E-state index in [1.807, 2.05) is 6.07 Å². The molecule has 3 aromatic rings. The fourth-order valence-corrected chi connectivity index (χ4v) is 2.02. The number of benzene rings is 1. The molecule has 2 heterocycles. The SMILES string of the molecule is CC(=O)c1cccc(Nc2ccc(NC(=O)c3ccco3)nn2)c1. The van der Waals surface area contributed by atoms with E-state index in [9.17, 15) is 9.59 Å². The first-order chi connectivity index (χ1) is 11.6. The van der Waals surface area contributed by atoms with E-state index in [1.165, 1.54) is 13.2 Å². The van der Waals surface area contributed by atoms with Crippen molar-refractivity contribution in [1.29, 1.82) is 0 Å². The lowest BCUT2D eigenvalue weighted by atomic mass is 10.1.